The Kier molecular flexibility index (Phi) is 7.71. The zero-order valence-corrected chi connectivity index (χ0v) is 10.5. The van der Waals surface area contributed by atoms with Crippen LogP contribution in [0.2, 0.25) is 0 Å². The third-order valence-corrected chi connectivity index (χ3v) is 2.03. The molecule has 102 valence electrons. The van der Waals surface area contributed by atoms with Gasteiger partial charge in [-0.25, -0.2) is 0 Å². The summed E-state index contributed by atoms with van der Waals surface area (Å²) in [5.74, 6) is -2.10. The van der Waals surface area contributed by atoms with Crippen molar-refractivity contribution in [2.45, 2.75) is 45.4 Å². The monoisotopic (exact) mass is 250 g/mol. The van der Waals surface area contributed by atoms with Crippen molar-refractivity contribution in [2.75, 3.05) is 0 Å². The van der Waals surface area contributed by atoms with Gasteiger partial charge in [-0.15, -0.1) is 0 Å². The van der Waals surface area contributed by atoms with Crippen molar-refractivity contribution >= 4 is 11.9 Å². The number of carboxylic acids is 2. The minimum absolute atomic E-state index is 0.0208. The molecule has 0 amide bonds. The van der Waals surface area contributed by atoms with Crippen LogP contribution in [-0.2, 0) is 9.59 Å². The summed E-state index contributed by atoms with van der Waals surface area (Å²) in [6, 6.07) is -1.92. The molecule has 0 fully saturated rings. The van der Waals surface area contributed by atoms with Crippen LogP contribution in [0.25, 0.3) is 0 Å². The molecule has 0 aromatic rings. The molecule has 7 N–H and O–H groups in total. The predicted molar refractivity (Wildman–Crippen MR) is 62.4 cm³/mol. The van der Waals surface area contributed by atoms with Crippen LogP contribution in [0, 0.1) is 5.92 Å². The molecule has 0 radical (unpaired) electrons. The molecule has 7 heteroatoms. The van der Waals surface area contributed by atoms with E-state index in [1.54, 1.807) is 13.8 Å². The maximum Gasteiger partial charge on any atom is 0.323 e. The summed E-state index contributed by atoms with van der Waals surface area (Å²) in [5.41, 5.74) is 8.86. The first-order chi connectivity index (χ1) is 7.41. The lowest BCUT2D eigenvalue weighted by molar-refractivity contribution is -0.144. The molecule has 1 unspecified atom stereocenters. The quantitative estimate of drug-likeness (QED) is 0.439. The van der Waals surface area contributed by atoms with Crippen LogP contribution < -0.4 is 11.5 Å². The number of nitrogens with two attached hydrogens (primary N) is 2. The van der Waals surface area contributed by atoms with E-state index in [4.69, 9.17) is 26.8 Å². The van der Waals surface area contributed by atoms with Crippen LogP contribution in [0.3, 0.4) is 0 Å². The molecule has 0 spiro atoms. The summed E-state index contributed by atoms with van der Waals surface area (Å²) in [4.78, 5) is 20.1. The third kappa shape index (κ3) is 8.61. The number of hydrogen-bond donors (Lipinski definition) is 5. The van der Waals surface area contributed by atoms with Crippen molar-refractivity contribution in [3.63, 3.8) is 0 Å². The van der Waals surface area contributed by atoms with E-state index in [1.165, 1.54) is 13.8 Å². The second-order valence-corrected chi connectivity index (χ2v) is 4.58. The van der Waals surface area contributed by atoms with Crippen LogP contribution in [0.15, 0.2) is 0 Å². The van der Waals surface area contributed by atoms with E-state index in [2.05, 4.69) is 0 Å². The van der Waals surface area contributed by atoms with Crippen molar-refractivity contribution in [3.8, 4) is 0 Å². The van der Waals surface area contributed by atoms with E-state index < -0.39 is 29.6 Å². The van der Waals surface area contributed by atoms with Gasteiger partial charge in [-0.05, 0) is 19.8 Å². The molecule has 0 rings (SSSR count). The Labute approximate surface area is 100 Å². The maximum absolute atomic E-state index is 10.1. The zero-order chi connectivity index (χ0) is 14.4. The minimum atomic E-state index is -1.34. The fourth-order valence-electron chi connectivity index (χ4n) is 0.587. The van der Waals surface area contributed by atoms with Gasteiger partial charge in [0.05, 0.1) is 5.60 Å². The number of aliphatic hydroxyl groups is 1. The first-order valence-corrected chi connectivity index (χ1v) is 5.10. The molecule has 0 aliphatic carbocycles. The Hall–Kier alpha value is -1.18. The maximum atomic E-state index is 10.1. The number of carbonyl (C=O) groups is 2. The zero-order valence-electron chi connectivity index (χ0n) is 10.5. The lowest BCUT2D eigenvalue weighted by atomic mass is 10.0. The van der Waals surface area contributed by atoms with Crippen LogP contribution in [0.4, 0.5) is 0 Å². The highest BCUT2D eigenvalue weighted by Crippen LogP contribution is 2.04. The first-order valence-electron chi connectivity index (χ1n) is 5.10. The van der Waals surface area contributed by atoms with Gasteiger partial charge < -0.3 is 26.8 Å². The lowest BCUT2D eigenvalue weighted by Gasteiger charge is -2.20. The minimum Gasteiger partial charge on any atom is -0.480 e. The molecule has 0 aliphatic heterocycles. The molecule has 0 aliphatic rings. The van der Waals surface area contributed by atoms with Gasteiger partial charge in [-0.1, -0.05) is 13.8 Å². The van der Waals surface area contributed by atoms with Crippen LogP contribution in [0.1, 0.15) is 27.7 Å². The van der Waals surface area contributed by atoms with Crippen molar-refractivity contribution in [1.29, 1.82) is 0 Å². The van der Waals surface area contributed by atoms with Gasteiger partial charge in [-0.2, -0.15) is 0 Å². The summed E-state index contributed by atoms with van der Waals surface area (Å²) in [6.45, 7) is 6.26. The fraction of sp³-hybridized carbons (Fsp3) is 0.800. The Morgan fingerprint density at radius 3 is 1.41 bits per heavy atom. The van der Waals surface area contributed by atoms with Gasteiger partial charge in [-0.3, -0.25) is 9.59 Å². The molecule has 0 heterocycles. The van der Waals surface area contributed by atoms with E-state index in [1.807, 2.05) is 0 Å². The molecule has 0 saturated carbocycles. The SMILES string of the molecule is CC(C)(O)C(N)C(=O)O.CC(C)[C@H](N)C(=O)O. The molecule has 7 nitrogen and oxygen atoms in total. The largest absolute Gasteiger partial charge is 0.480 e. The molecular weight excluding hydrogens is 228 g/mol. The summed E-state index contributed by atoms with van der Waals surface area (Å²) < 4.78 is 0. The molecular formula is C10H22N2O5. The molecule has 2 atom stereocenters. The van der Waals surface area contributed by atoms with Crippen molar-refractivity contribution in [3.05, 3.63) is 0 Å². The average molecular weight is 250 g/mol. The number of rotatable bonds is 4. The van der Waals surface area contributed by atoms with E-state index in [0.29, 0.717) is 0 Å². The molecule has 17 heavy (non-hydrogen) atoms. The van der Waals surface area contributed by atoms with E-state index in [-0.39, 0.29) is 5.92 Å². The highest BCUT2D eigenvalue weighted by atomic mass is 16.4. The van der Waals surface area contributed by atoms with Gasteiger partial charge in [0.25, 0.3) is 0 Å². The van der Waals surface area contributed by atoms with E-state index >= 15 is 0 Å². The Balaban J connectivity index is 0. The summed E-state index contributed by atoms with van der Waals surface area (Å²) in [7, 11) is 0. The molecule has 0 saturated heterocycles. The van der Waals surface area contributed by atoms with Gasteiger partial charge in [0.15, 0.2) is 0 Å². The Bertz CT molecular complexity index is 260. The third-order valence-electron chi connectivity index (χ3n) is 2.03. The molecule has 0 aromatic carbocycles. The summed E-state index contributed by atoms with van der Waals surface area (Å²) in [6.07, 6.45) is 0. The standard InChI is InChI=1S/C5H11NO3.C5H11NO2/c1-5(2,9)3(6)4(7)8;1-3(2)4(6)5(7)8/h3,9H,6H2,1-2H3,(H,7,8);3-4H,6H2,1-2H3,(H,7,8)/t;4-/m.0/s1. The van der Waals surface area contributed by atoms with E-state index in [9.17, 15) is 9.59 Å². The lowest BCUT2D eigenvalue weighted by Crippen LogP contribution is -2.48. The van der Waals surface area contributed by atoms with Gasteiger partial charge >= 0.3 is 11.9 Å². The van der Waals surface area contributed by atoms with Crippen LogP contribution in [0.5, 0.6) is 0 Å². The summed E-state index contributed by atoms with van der Waals surface area (Å²) >= 11 is 0. The highest BCUT2D eigenvalue weighted by Gasteiger charge is 2.28. The Morgan fingerprint density at radius 1 is 1.06 bits per heavy atom. The molecule has 0 bridgehead atoms. The van der Waals surface area contributed by atoms with Crippen molar-refractivity contribution in [2.24, 2.45) is 17.4 Å². The van der Waals surface area contributed by atoms with Crippen molar-refractivity contribution < 1.29 is 24.9 Å². The first kappa shape index (κ1) is 18.2. The number of hydrogen-bond acceptors (Lipinski definition) is 5. The second kappa shape index (κ2) is 7.21. The topological polar surface area (TPSA) is 147 Å². The van der Waals surface area contributed by atoms with E-state index in [0.717, 1.165) is 0 Å². The smallest absolute Gasteiger partial charge is 0.323 e. The highest BCUT2D eigenvalue weighted by molar-refractivity contribution is 5.74. The molecule has 0 aromatic heterocycles. The Morgan fingerprint density at radius 2 is 1.41 bits per heavy atom. The van der Waals surface area contributed by atoms with Gasteiger partial charge in [0.2, 0.25) is 0 Å². The van der Waals surface area contributed by atoms with Gasteiger partial charge in [0.1, 0.15) is 12.1 Å². The van der Waals surface area contributed by atoms with Crippen LogP contribution in [-0.4, -0.2) is 44.9 Å². The van der Waals surface area contributed by atoms with Crippen molar-refractivity contribution in [1.82, 2.24) is 0 Å². The summed E-state index contributed by atoms with van der Waals surface area (Å²) in [5, 5.41) is 25.4. The van der Waals surface area contributed by atoms with Crippen LogP contribution >= 0.6 is 0 Å². The van der Waals surface area contributed by atoms with Gasteiger partial charge in [0, 0.05) is 0 Å². The number of carboxylic acid groups (broad SMARTS) is 2. The normalized spacial score (nSPS) is 14.6. The fourth-order valence-corrected chi connectivity index (χ4v) is 0.587. The number of aliphatic carboxylic acids is 2. The predicted octanol–water partition coefficient (Wildman–Crippen LogP) is -0.776. The average Bonchev–Trinajstić information content (AvgIpc) is 2.14. The second-order valence-electron chi connectivity index (χ2n) is 4.58.